The smallest absolute Gasteiger partial charge is 0.331 e. The summed E-state index contributed by atoms with van der Waals surface area (Å²) < 4.78 is 5.06. The van der Waals surface area contributed by atoms with E-state index in [4.69, 9.17) is 10.00 Å². The molecule has 2 rings (SSSR count). The van der Waals surface area contributed by atoms with Crippen molar-refractivity contribution in [1.82, 2.24) is 0 Å². The highest BCUT2D eigenvalue weighted by atomic mass is 32.1. The molecule has 1 aromatic heterocycles. The Morgan fingerprint density at radius 1 is 1.29 bits per heavy atom. The fourth-order valence-electron chi connectivity index (χ4n) is 1.82. The number of carbonyl (C=O) groups excluding carboxylic acids is 2. The Labute approximate surface area is 144 Å². The van der Waals surface area contributed by atoms with E-state index in [-0.39, 0.29) is 0 Å². The van der Waals surface area contributed by atoms with Crippen LogP contribution in [0.2, 0.25) is 0 Å². The first kappa shape index (κ1) is 17.4. The second-order valence-electron chi connectivity index (χ2n) is 5.09. The maximum Gasteiger partial charge on any atom is 0.331 e. The van der Waals surface area contributed by atoms with Crippen molar-refractivity contribution in [3.63, 3.8) is 0 Å². The number of thiophene rings is 1. The minimum absolute atomic E-state index is 0.381. The lowest BCUT2D eigenvalue weighted by Crippen LogP contribution is -2.29. The topological polar surface area (TPSA) is 79.2 Å². The molecule has 122 valence electrons. The molecule has 0 bridgehead atoms. The molecule has 1 N–H and O–H groups in total. The summed E-state index contributed by atoms with van der Waals surface area (Å²) in [5, 5.41) is 13.6. The Morgan fingerprint density at radius 2 is 2.00 bits per heavy atom. The molecular formula is C18H16N2O3S. The number of nitrogens with zero attached hydrogens (tertiary/aromatic N) is 1. The number of anilines is 1. The number of hydrogen-bond acceptors (Lipinski definition) is 5. The van der Waals surface area contributed by atoms with E-state index in [0.717, 1.165) is 11.1 Å². The molecule has 0 aliphatic heterocycles. The van der Waals surface area contributed by atoms with Crippen LogP contribution in [0.15, 0.2) is 41.8 Å². The zero-order valence-corrected chi connectivity index (χ0v) is 14.1. The summed E-state index contributed by atoms with van der Waals surface area (Å²) in [7, 11) is 0. The van der Waals surface area contributed by atoms with E-state index in [1.807, 2.05) is 37.3 Å². The second kappa shape index (κ2) is 8.09. The van der Waals surface area contributed by atoms with Gasteiger partial charge >= 0.3 is 5.97 Å². The number of nitriles is 1. The Hall–Kier alpha value is -2.91. The van der Waals surface area contributed by atoms with Gasteiger partial charge in [-0.2, -0.15) is 5.26 Å². The number of amides is 1. The highest BCUT2D eigenvalue weighted by Gasteiger charge is 2.18. The lowest BCUT2D eigenvalue weighted by molar-refractivity contribution is -0.148. The highest BCUT2D eigenvalue weighted by Crippen LogP contribution is 2.22. The largest absolute Gasteiger partial charge is 0.449 e. The maximum absolute atomic E-state index is 12.0. The SMILES string of the molecule is Cc1ccc(/C=C/C(=O)O[C@@H](C)C(=O)Nc2sccc2C#N)cc1. The van der Waals surface area contributed by atoms with Gasteiger partial charge in [0.25, 0.3) is 5.91 Å². The van der Waals surface area contributed by atoms with Crippen LogP contribution in [0.5, 0.6) is 0 Å². The van der Waals surface area contributed by atoms with Crippen molar-refractivity contribution in [1.29, 1.82) is 5.26 Å². The van der Waals surface area contributed by atoms with Gasteiger partial charge in [-0.1, -0.05) is 29.8 Å². The number of nitrogens with one attached hydrogen (secondary N) is 1. The van der Waals surface area contributed by atoms with Crippen molar-refractivity contribution in [2.45, 2.75) is 20.0 Å². The lowest BCUT2D eigenvalue weighted by atomic mass is 10.1. The fraction of sp³-hybridized carbons (Fsp3) is 0.167. The maximum atomic E-state index is 12.0. The Morgan fingerprint density at radius 3 is 2.67 bits per heavy atom. The lowest BCUT2D eigenvalue weighted by Gasteiger charge is -2.11. The van der Waals surface area contributed by atoms with Gasteiger partial charge in [-0.05, 0) is 36.9 Å². The van der Waals surface area contributed by atoms with Crippen molar-refractivity contribution in [3.05, 3.63) is 58.5 Å². The van der Waals surface area contributed by atoms with Crippen molar-refractivity contribution in [2.75, 3.05) is 5.32 Å². The van der Waals surface area contributed by atoms with Crippen molar-refractivity contribution in [2.24, 2.45) is 0 Å². The van der Waals surface area contributed by atoms with Gasteiger partial charge in [-0.15, -0.1) is 11.3 Å². The summed E-state index contributed by atoms with van der Waals surface area (Å²) in [6, 6.07) is 11.2. The first-order valence-corrected chi connectivity index (χ1v) is 8.11. The highest BCUT2D eigenvalue weighted by molar-refractivity contribution is 7.14. The predicted octanol–water partition coefficient (Wildman–Crippen LogP) is 3.51. The van der Waals surface area contributed by atoms with E-state index in [2.05, 4.69) is 5.32 Å². The van der Waals surface area contributed by atoms with Crippen molar-refractivity contribution < 1.29 is 14.3 Å². The zero-order chi connectivity index (χ0) is 17.5. The van der Waals surface area contributed by atoms with Gasteiger partial charge in [0, 0.05) is 6.08 Å². The zero-order valence-electron chi connectivity index (χ0n) is 13.3. The van der Waals surface area contributed by atoms with Crippen LogP contribution in [-0.4, -0.2) is 18.0 Å². The summed E-state index contributed by atoms with van der Waals surface area (Å²) in [6.45, 7) is 3.46. The number of esters is 1. The fourth-order valence-corrected chi connectivity index (χ4v) is 2.56. The van der Waals surface area contributed by atoms with Crippen LogP contribution in [0, 0.1) is 18.3 Å². The molecule has 0 fully saturated rings. The minimum atomic E-state index is -0.964. The van der Waals surface area contributed by atoms with E-state index in [1.165, 1.54) is 24.3 Å². The first-order chi connectivity index (χ1) is 11.5. The monoisotopic (exact) mass is 340 g/mol. The molecule has 0 saturated carbocycles. The van der Waals surface area contributed by atoms with Crippen LogP contribution in [-0.2, 0) is 14.3 Å². The van der Waals surface area contributed by atoms with Crippen molar-refractivity contribution in [3.8, 4) is 6.07 Å². The van der Waals surface area contributed by atoms with E-state index in [1.54, 1.807) is 17.5 Å². The standard InChI is InChI=1S/C18H16N2O3S/c1-12-3-5-14(6-4-12)7-8-16(21)23-13(2)17(22)20-18-15(11-19)9-10-24-18/h3-10,13H,1-2H3,(H,20,22)/b8-7+/t13-/m0/s1. The van der Waals surface area contributed by atoms with Gasteiger partial charge in [-0.25, -0.2) is 4.79 Å². The Bertz CT molecular complexity index is 800. The number of benzene rings is 1. The number of aryl methyl sites for hydroxylation is 1. The number of hydrogen-bond donors (Lipinski definition) is 1. The third-order valence-electron chi connectivity index (χ3n) is 3.17. The summed E-state index contributed by atoms with van der Waals surface area (Å²) in [5.41, 5.74) is 2.38. The molecule has 5 nitrogen and oxygen atoms in total. The number of rotatable bonds is 5. The molecule has 0 unspecified atom stereocenters. The molecule has 0 aliphatic rings. The van der Waals surface area contributed by atoms with Crippen molar-refractivity contribution >= 4 is 34.3 Å². The molecule has 6 heteroatoms. The van der Waals surface area contributed by atoms with E-state index < -0.39 is 18.0 Å². The number of ether oxygens (including phenoxy) is 1. The normalized spacial score (nSPS) is 11.7. The van der Waals surface area contributed by atoms with Gasteiger partial charge in [0.05, 0.1) is 5.56 Å². The Kier molecular flexibility index (Phi) is 5.88. The van der Waals surface area contributed by atoms with Gasteiger partial charge < -0.3 is 10.1 Å². The molecule has 1 aromatic carbocycles. The van der Waals surface area contributed by atoms with Crippen LogP contribution in [0.1, 0.15) is 23.6 Å². The van der Waals surface area contributed by atoms with Crippen LogP contribution in [0.25, 0.3) is 6.08 Å². The quantitative estimate of drug-likeness (QED) is 0.667. The summed E-state index contributed by atoms with van der Waals surface area (Å²) >= 11 is 1.24. The summed E-state index contributed by atoms with van der Waals surface area (Å²) in [5.74, 6) is -1.09. The van der Waals surface area contributed by atoms with Gasteiger partial charge in [0.2, 0.25) is 0 Å². The first-order valence-electron chi connectivity index (χ1n) is 7.23. The predicted molar refractivity (Wildman–Crippen MR) is 93.4 cm³/mol. The summed E-state index contributed by atoms with van der Waals surface area (Å²) in [4.78, 5) is 23.8. The van der Waals surface area contributed by atoms with Gasteiger partial charge in [0.15, 0.2) is 6.10 Å². The molecule has 2 aromatic rings. The molecule has 0 radical (unpaired) electrons. The molecule has 0 spiro atoms. The molecule has 1 amide bonds. The van der Waals surface area contributed by atoms with E-state index in [9.17, 15) is 9.59 Å². The van der Waals surface area contributed by atoms with Crippen LogP contribution >= 0.6 is 11.3 Å². The summed E-state index contributed by atoms with van der Waals surface area (Å²) in [6.07, 6.45) is 1.94. The average molecular weight is 340 g/mol. The van der Waals surface area contributed by atoms with Crippen LogP contribution in [0.3, 0.4) is 0 Å². The van der Waals surface area contributed by atoms with Crippen LogP contribution < -0.4 is 5.32 Å². The second-order valence-corrected chi connectivity index (χ2v) is 6.00. The molecule has 1 atom stereocenters. The molecule has 1 heterocycles. The average Bonchev–Trinajstić information content (AvgIpc) is 3.01. The third kappa shape index (κ3) is 4.80. The third-order valence-corrected chi connectivity index (χ3v) is 4.00. The molecule has 0 aliphatic carbocycles. The van der Waals surface area contributed by atoms with Gasteiger partial charge in [-0.3, -0.25) is 4.79 Å². The molecular weight excluding hydrogens is 324 g/mol. The van der Waals surface area contributed by atoms with E-state index >= 15 is 0 Å². The Balaban J connectivity index is 1.90. The van der Waals surface area contributed by atoms with Crippen LogP contribution in [0.4, 0.5) is 5.00 Å². The minimum Gasteiger partial charge on any atom is -0.449 e. The number of carbonyl (C=O) groups is 2. The van der Waals surface area contributed by atoms with E-state index in [0.29, 0.717) is 10.6 Å². The molecule has 0 saturated heterocycles. The molecule has 24 heavy (non-hydrogen) atoms. The van der Waals surface area contributed by atoms with Gasteiger partial charge in [0.1, 0.15) is 11.1 Å².